The number of hydrogen-bond donors (Lipinski definition) is 2. The maximum atomic E-state index is 11.8. The van der Waals surface area contributed by atoms with Gasteiger partial charge in [0.25, 0.3) is 11.6 Å². The zero-order chi connectivity index (χ0) is 13.7. The highest BCUT2D eigenvalue weighted by Gasteiger charge is 2.14. The first kappa shape index (κ1) is 14.4. The third-order valence-electron chi connectivity index (χ3n) is 2.47. The summed E-state index contributed by atoms with van der Waals surface area (Å²) in [5.74, 6) is -0.350. The molecule has 0 radical (unpaired) electrons. The summed E-state index contributed by atoms with van der Waals surface area (Å²) in [6, 6.07) is 3.89. The van der Waals surface area contributed by atoms with E-state index in [2.05, 4.69) is 10.6 Å². The number of non-ortho nitro benzene ring substituents is 1. The molecule has 98 valence electrons. The Bertz CT molecular complexity index is 465. The van der Waals surface area contributed by atoms with Crippen LogP contribution in [0, 0.1) is 10.1 Å². The molecule has 0 saturated carbocycles. The van der Waals surface area contributed by atoms with Gasteiger partial charge in [-0.3, -0.25) is 14.9 Å². The first-order valence-electron chi connectivity index (χ1n) is 5.35. The fourth-order valence-electron chi connectivity index (χ4n) is 1.24. The van der Waals surface area contributed by atoms with E-state index in [9.17, 15) is 14.9 Å². The lowest BCUT2D eigenvalue weighted by Gasteiger charge is -2.11. The molecule has 0 spiro atoms. The molecule has 0 aliphatic heterocycles. The summed E-state index contributed by atoms with van der Waals surface area (Å²) in [6.45, 7) is 2.36. The molecule has 1 amide bonds. The highest BCUT2D eigenvalue weighted by Crippen LogP contribution is 2.22. The van der Waals surface area contributed by atoms with Crippen molar-refractivity contribution in [1.82, 2.24) is 10.6 Å². The number of nitro groups is 1. The minimum atomic E-state index is -0.559. The van der Waals surface area contributed by atoms with Gasteiger partial charge in [-0.2, -0.15) is 0 Å². The van der Waals surface area contributed by atoms with Crippen LogP contribution in [0.25, 0.3) is 0 Å². The zero-order valence-electron chi connectivity index (χ0n) is 10.1. The van der Waals surface area contributed by atoms with Crippen LogP contribution in [0.1, 0.15) is 17.3 Å². The van der Waals surface area contributed by atoms with E-state index in [0.717, 1.165) is 6.07 Å². The van der Waals surface area contributed by atoms with Crippen LogP contribution in [-0.2, 0) is 0 Å². The van der Waals surface area contributed by atoms with Crippen LogP contribution >= 0.6 is 11.6 Å². The summed E-state index contributed by atoms with van der Waals surface area (Å²) in [5, 5.41) is 16.3. The van der Waals surface area contributed by atoms with Gasteiger partial charge in [-0.1, -0.05) is 11.6 Å². The number of amides is 1. The van der Waals surface area contributed by atoms with E-state index < -0.39 is 4.92 Å². The summed E-state index contributed by atoms with van der Waals surface area (Å²) < 4.78 is 0. The number of halogens is 1. The minimum absolute atomic E-state index is 0.0683. The summed E-state index contributed by atoms with van der Waals surface area (Å²) in [4.78, 5) is 21.7. The van der Waals surface area contributed by atoms with Crippen molar-refractivity contribution in [2.45, 2.75) is 13.0 Å². The minimum Gasteiger partial charge on any atom is -0.350 e. The number of nitrogens with zero attached hydrogens (tertiary/aromatic N) is 1. The quantitative estimate of drug-likeness (QED) is 0.629. The van der Waals surface area contributed by atoms with E-state index in [1.54, 1.807) is 7.05 Å². The van der Waals surface area contributed by atoms with Gasteiger partial charge >= 0.3 is 0 Å². The van der Waals surface area contributed by atoms with E-state index in [-0.39, 0.29) is 28.2 Å². The Morgan fingerprint density at radius 1 is 1.56 bits per heavy atom. The Balaban J connectivity index is 2.78. The summed E-state index contributed by atoms with van der Waals surface area (Å²) in [7, 11) is 1.79. The molecule has 0 heterocycles. The first-order valence-corrected chi connectivity index (χ1v) is 5.73. The lowest BCUT2D eigenvalue weighted by atomic mass is 10.2. The molecule has 1 atom stereocenters. The van der Waals surface area contributed by atoms with Gasteiger partial charge in [0, 0.05) is 24.7 Å². The largest absolute Gasteiger partial charge is 0.350 e. The van der Waals surface area contributed by atoms with Crippen LogP contribution in [0.4, 0.5) is 5.69 Å². The normalized spacial score (nSPS) is 11.9. The molecule has 7 heteroatoms. The van der Waals surface area contributed by atoms with Crippen molar-refractivity contribution in [3.05, 3.63) is 38.9 Å². The molecular formula is C11H14ClN3O3. The molecule has 0 aliphatic carbocycles. The maximum Gasteiger partial charge on any atom is 0.270 e. The molecular weight excluding hydrogens is 258 g/mol. The van der Waals surface area contributed by atoms with Crippen LogP contribution in [0.2, 0.25) is 5.02 Å². The van der Waals surface area contributed by atoms with Crippen molar-refractivity contribution in [1.29, 1.82) is 0 Å². The molecule has 0 saturated heterocycles. The van der Waals surface area contributed by atoms with Crippen LogP contribution < -0.4 is 10.6 Å². The second-order valence-corrected chi connectivity index (χ2v) is 4.23. The fourth-order valence-corrected chi connectivity index (χ4v) is 1.51. The molecule has 0 bridgehead atoms. The third kappa shape index (κ3) is 3.68. The maximum absolute atomic E-state index is 11.8. The third-order valence-corrected chi connectivity index (χ3v) is 2.78. The Labute approximate surface area is 109 Å². The molecule has 0 fully saturated rings. The topological polar surface area (TPSA) is 84.3 Å². The van der Waals surface area contributed by atoms with Gasteiger partial charge in [0.1, 0.15) is 0 Å². The van der Waals surface area contributed by atoms with Gasteiger partial charge < -0.3 is 10.6 Å². The Morgan fingerprint density at radius 3 is 2.72 bits per heavy atom. The Morgan fingerprint density at radius 2 is 2.22 bits per heavy atom. The van der Waals surface area contributed by atoms with Crippen LogP contribution in [0.3, 0.4) is 0 Å². The van der Waals surface area contributed by atoms with E-state index in [1.807, 2.05) is 6.92 Å². The lowest BCUT2D eigenvalue weighted by Crippen LogP contribution is -2.37. The predicted molar refractivity (Wildman–Crippen MR) is 69.0 cm³/mol. The van der Waals surface area contributed by atoms with E-state index in [1.165, 1.54) is 12.1 Å². The van der Waals surface area contributed by atoms with Crippen molar-refractivity contribution in [2.75, 3.05) is 13.6 Å². The van der Waals surface area contributed by atoms with Gasteiger partial charge in [-0.05, 0) is 20.0 Å². The SMILES string of the molecule is CNC(C)CNC(=O)c1ccc([N+](=O)[O-])cc1Cl. The molecule has 6 nitrogen and oxygen atoms in total. The van der Waals surface area contributed by atoms with Crippen molar-refractivity contribution < 1.29 is 9.72 Å². The van der Waals surface area contributed by atoms with Crippen molar-refractivity contribution >= 4 is 23.2 Å². The second kappa shape index (κ2) is 6.32. The monoisotopic (exact) mass is 271 g/mol. The molecule has 2 N–H and O–H groups in total. The average molecular weight is 272 g/mol. The second-order valence-electron chi connectivity index (χ2n) is 3.82. The predicted octanol–water partition coefficient (Wildman–Crippen LogP) is 1.59. The summed E-state index contributed by atoms with van der Waals surface area (Å²) >= 11 is 5.84. The number of carbonyl (C=O) groups is 1. The molecule has 18 heavy (non-hydrogen) atoms. The summed E-state index contributed by atoms with van der Waals surface area (Å²) in [5.41, 5.74) is 0.0886. The summed E-state index contributed by atoms with van der Waals surface area (Å²) in [6.07, 6.45) is 0. The number of benzene rings is 1. The number of likely N-dealkylation sites (N-methyl/N-ethyl adjacent to an activating group) is 1. The van der Waals surface area contributed by atoms with Gasteiger partial charge in [-0.15, -0.1) is 0 Å². The molecule has 1 aromatic carbocycles. The van der Waals surface area contributed by atoms with Gasteiger partial charge in [0.2, 0.25) is 0 Å². The Kier molecular flexibility index (Phi) is 5.06. The number of nitro benzene ring substituents is 1. The van der Waals surface area contributed by atoms with E-state index in [0.29, 0.717) is 6.54 Å². The smallest absolute Gasteiger partial charge is 0.270 e. The van der Waals surface area contributed by atoms with Crippen molar-refractivity contribution in [3.63, 3.8) is 0 Å². The lowest BCUT2D eigenvalue weighted by molar-refractivity contribution is -0.384. The number of carbonyl (C=O) groups excluding carboxylic acids is 1. The molecule has 0 aromatic heterocycles. The number of hydrogen-bond acceptors (Lipinski definition) is 4. The van der Waals surface area contributed by atoms with Gasteiger partial charge in [0.05, 0.1) is 15.5 Å². The van der Waals surface area contributed by atoms with Crippen molar-refractivity contribution in [2.24, 2.45) is 0 Å². The van der Waals surface area contributed by atoms with Crippen LogP contribution in [0.5, 0.6) is 0 Å². The molecule has 1 aromatic rings. The molecule has 0 aliphatic rings. The molecule has 1 unspecified atom stereocenters. The zero-order valence-corrected chi connectivity index (χ0v) is 10.8. The highest BCUT2D eigenvalue weighted by molar-refractivity contribution is 6.34. The Hall–Kier alpha value is -1.66. The first-order chi connectivity index (χ1) is 8.45. The average Bonchev–Trinajstić information content (AvgIpc) is 2.35. The fraction of sp³-hybridized carbons (Fsp3) is 0.364. The highest BCUT2D eigenvalue weighted by atomic mass is 35.5. The van der Waals surface area contributed by atoms with Gasteiger partial charge in [0.15, 0.2) is 0 Å². The standard InChI is InChI=1S/C11H14ClN3O3/c1-7(13-2)6-14-11(16)9-4-3-8(15(17)18)5-10(9)12/h3-5,7,13H,6H2,1-2H3,(H,14,16). The number of rotatable bonds is 5. The van der Waals surface area contributed by atoms with Gasteiger partial charge in [-0.25, -0.2) is 0 Å². The van der Waals surface area contributed by atoms with E-state index in [4.69, 9.17) is 11.6 Å². The molecule has 1 rings (SSSR count). The van der Waals surface area contributed by atoms with Crippen molar-refractivity contribution in [3.8, 4) is 0 Å². The van der Waals surface area contributed by atoms with E-state index >= 15 is 0 Å². The van der Waals surface area contributed by atoms with Crippen LogP contribution in [-0.4, -0.2) is 30.5 Å². The van der Waals surface area contributed by atoms with Crippen LogP contribution in [0.15, 0.2) is 18.2 Å². The number of nitrogens with one attached hydrogen (secondary N) is 2.